The Kier molecular flexibility index (Phi) is 8.27. The average Bonchev–Trinajstić information content (AvgIpc) is 3.26. The van der Waals surface area contributed by atoms with Gasteiger partial charge in [0, 0.05) is 25.2 Å². The van der Waals surface area contributed by atoms with Crippen LogP contribution in [0.2, 0.25) is 0 Å². The molecule has 0 aromatic rings. The molecule has 0 radical (unpaired) electrons. The molecule has 1 N–H and O–H groups in total. The van der Waals surface area contributed by atoms with Gasteiger partial charge in [-0.3, -0.25) is 4.79 Å². The maximum atomic E-state index is 11.9. The summed E-state index contributed by atoms with van der Waals surface area (Å²) in [6.07, 6.45) is 5.56. The van der Waals surface area contributed by atoms with Gasteiger partial charge in [0.25, 0.3) is 0 Å². The Morgan fingerprint density at radius 1 is 1.29 bits per heavy atom. The van der Waals surface area contributed by atoms with Gasteiger partial charge >= 0.3 is 5.97 Å². The fourth-order valence-corrected chi connectivity index (χ4v) is 2.94. The zero-order valence-corrected chi connectivity index (χ0v) is 14.5. The third kappa shape index (κ3) is 6.79. The number of nitrogens with zero attached hydrogens (tertiary/aromatic N) is 1. The smallest absolute Gasteiger partial charge is 0.322 e. The summed E-state index contributed by atoms with van der Waals surface area (Å²) in [6.45, 7) is 11.1. The van der Waals surface area contributed by atoms with Crippen LogP contribution in [0.1, 0.15) is 59.8 Å². The summed E-state index contributed by atoms with van der Waals surface area (Å²) >= 11 is 0. The Morgan fingerprint density at radius 3 is 2.33 bits per heavy atom. The second-order valence-electron chi connectivity index (χ2n) is 6.66. The van der Waals surface area contributed by atoms with Crippen LogP contribution in [0.25, 0.3) is 0 Å². The molecule has 0 bridgehead atoms. The molecule has 1 atom stereocenters. The third-order valence-electron chi connectivity index (χ3n) is 4.26. The number of carbonyl (C=O) groups excluding carboxylic acids is 1. The van der Waals surface area contributed by atoms with Crippen LogP contribution in [0.4, 0.5) is 0 Å². The molecule has 21 heavy (non-hydrogen) atoms. The molecular formula is C17H34N2O2. The van der Waals surface area contributed by atoms with Crippen molar-refractivity contribution in [2.75, 3.05) is 20.2 Å². The molecule has 1 unspecified atom stereocenters. The minimum Gasteiger partial charge on any atom is -0.468 e. The van der Waals surface area contributed by atoms with Crippen molar-refractivity contribution in [3.63, 3.8) is 0 Å². The number of hydrogen-bond acceptors (Lipinski definition) is 4. The van der Waals surface area contributed by atoms with Gasteiger partial charge in [-0.25, -0.2) is 0 Å². The van der Waals surface area contributed by atoms with Crippen molar-refractivity contribution in [2.45, 2.75) is 77.9 Å². The van der Waals surface area contributed by atoms with Gasteiger partial charge in [-0.05, 0) is 38.0 Å². The van der Waals surface area contributed by atoms with Gasteiger partial charge in [0.05, 0.1) is 7.11 Å². The minimum atomic E-state index is -0.147. The highest BCUT2D eigenvalue weighted by Gasteiger charge is 2.29. The summed E-state index contributed by atoms with van der Waals surface area (Å²) < 4.78 is 4.95. The van der Waals surface area contributed by atoms with Crippen molar-refractivity contribution in [3.8, 4) is 0 Å². The molecule has 0 heterocycles. The zero-order valence-electron chi connectivity index (χ0n) is 14.5. The molecule has 0 amide bonds. The first kappa shape index (κ1) is 18.4. The van der Waals surface area contributed by atoms with Crippen LogP contribution < -0.4 is 5.32 Å². The van der Waals surface area contributed by atoms with Crippen LogP contribution in [0.3, 0.4) is 0 Å². The number of methoxy groups -OCH3 is 1. The van der Waals surface area contributed by atoms with Crippen molar-refractivity contribution in [1.29, 1.82) is 0 Å². The van der Waals surface area contributed by atoms with Crippen LogP contribution in [0, 0.1) is 5.92 Å². The fourth-order valence-electron chi connectivity index (χ4n) is 2.94. The molecule has 4 heteroatoms. The Balaban J connectivity index is 2.55. The first-order valence-electron chi connectivity index (χ1n) is 8.59. The molecule has 0 aromatic heterocycles. The van der Waals surface area contributed by atoms with Crippen molar-refractivity contribution in [2.24, 2.45) is 5.92 Å². The summed E-state index contributed by atoms with van der Waals surface area (Å²) in [5.41, 5.74) is 0. The number of esters is 1. The molecule has 0 aliphatic heterocycles. The first-order valence-corrected chi connectivity index (χ1v) is 8.59. The Labute approximate surface area is 130 Å². The van der Waals surface area contributed by atoms with Crippen LogP contribution in [0.15, 0.2) is 0 Å². The summed E-state index contributed by atoms with van der Waals surface area (Å²) in [4.78, 5) is 14.5. The average molecular weight is 298 g/mol. The number of ether oxygens (including phenoxy) is 1. The SMILES string of the molecule is CCC(CC)N(CCC(NC1CC1)C(=O)OC)CC(C)C. The second kappa shape index (κ2) is 9.42. The Morgan fingerprint density at radius 2 is 1.90 bits per heavy atom. The maximum absolute atomic E-state index is 11.9. The summed E-state index contributed by atoms with van der Waals surface area (Å²) in [6, 6.07) is 0.999. The maximum Gasteiger partial charge on any atom is 0.322 e. The predicted octanol–water partition coefficient (Wildman–Crippen LogP) is 2.82. The van der Waals surface area contributed by atoms with E-state index in [9.17, 15) is 4.79 Å². The van der Waals surface area contributed by atoms with E-state index in [-0.39, 0.29) is 12.0 Å². The number of carbonyl (C=O) groups is 1. The molecule has 0 spiro atoms. The van der Waals surface area contributed by atoms with Crippen molar-refractivity contribution in [1.82, 2.24) is 10.2 Å². The van der Waals surface area contributed by atoms with Crippen molar-refractivity contribution in [3.05, 3.63) is 0 Å². The highest BCUT2D eigenvalue weighted by Crippen LogP contribution is 2.21. The molecule has 1 aliphatic carbocycles. The third-order valence-corrected chi connectivity index (χ3v) is 4.26. The number of rotatable bonds is 11. The van der Waals surface area contributed by atoms with Gasteiger partial charge in [0.1, 0.15) is 6.04 Å². The lowest BCUT2D eigenvalue weighted by atomic mass is 10.1. The predicted molar refractivity (Wildman–Crippen MR) is 87.4 cm³/mol. The van der Waals surface area contributed by atoms with Crippen LogP contribution >= 0.6 is 0 Å². The topological polar surface area (TPSA) is 41.6 Å². The Bertz CT molecular complexity index is 299. The lowest BCUT2D eigenvalue weighted by Gasteiger charge is -2.33. The lowest BCUT2D eigenvalue weighted by Crippen LogP contribution is -2.44. The van der Waals surface area contributed by atoms with E-state index in [0.29, 0.717) is 18.0 Å². The minimum absolute atomic E-state index is 0.115. The zero-order chi connectivity index (χ0) is 15.8. The molecule has 1 fully saturated rings. The van der Waals surface area contributed by atoms with Gasteiger partial charge in [-0.1, -0.05) is 27.7 Å². The van der Waals surface area contributed by atoms with E-state index >= 15 is 0 Å². The highest BCUT2D eigenvalue weighted by molar-refractivity contribution is 5.75. The largest absolute Gasteiger partial charge is 0.468 e. The van der Waals surface area contributed by atoms with Gasteiger partial charge < -0.3 is 15.0 Å². The van der Waals surface area contributed by atoms with Gasteiger partial charge in [0.2, 0.25) is 0 Å². The highest BCUT2D eigenvalue weighted by atomic mass is 16.5. The normalized spacial score (nSPS) is 16.8. The monoisotopic (exact) mass is 298 g/mol. The van der Waals surface area contributed by atoms with Crippen LogP contribution in [-0.2, 0) is 9.53 Å². The molecule has 124 valence electrons. The summed E-state index contributed by atoms with van der Waals surface area (Å²) in [5, 5.41) is 3.42. The molecule has 1 saturated carbocycles. The van der Waals surface area contributed by atoms with E-state index in [1.54, 1.807) is 0 Å². The van der Waals surface area contributed by atoms with E-state index in [4.69, 9.17) is 4.74 Å². The van der Waals surface area contributed by atoms with E-state index in [1.165, 1.54) is 32.8 Å². The number of hydrogen-bond donors (Lipinski definition) is 1. The molecular weight excluding hydrogens is 264 g/mol. The Hall–Kier alpha value is -0.610. The van der Waals surface area contributed by atoms with Gasteiger partial charge in [-0.2, -0.15) is 0 Å². The van der Waals surface area contributed by atoms with E-state index in [1.807, 2.05) is 0 Å². The van der Waals surface area contributed by atoms with Crippen molar-refractivity contribution >= 4 is 5.97 Å². The first-order chi connectivity index (χ1) is 10.0. The van der Waals surface area contributed by atoms with Crippen LogP contribution in [-0.4, -0.2) is 49.2 Å². The molecule has 4 nitrogen and oxygen atoms in total. The quantitative estimate of drug-likeness (QED) is 0.596. The molecule has 1 rings (SSSR count). The summed E-state index contributed by atoms with van der Waals surface area (Å²) in [5.74, 6) is 0.537. The second-order valence-corrected chi connectivity index (χ2v) is 6.66. The molecule has 0 saturated heterocycles. The van der Waals surface area contributed by atoms with Gasteiger partial charge in [-0.15, -0.1) is 0 Å². The molecule has 0 aromatic carbocycles. The fraction of sp³-hybridized carbons (Fsp3) is 0.941. The standard InChI is InChI=1S/C17H34N2O2/c1-6-15(7-2)19(12-13(3)4)11-10-16(17(20)21-5)18-14-8-9-14/h13-16,18H,6-12H2,1-5H3. The molecule has 1 aliphatic rings. The van der Waals surface area contributed by atoms with Crippen molar-refractivity contribution < 1.29 is 9.53 Å². The lowest BCUT2D eigenvalue weighted by molar-refractivity contribution is -0.143. The van der Waals surface area contributed by atoms with E-state index in [0.717, 1.165) is 19.5 Å². The summed E-state index contributed by atoms with van der Waals surface area (Å²) in [7, 11) is 1.48. The van der Waals surface area contributed by atoms with Gasteiger partial charge in [0.15, 0.2) is 0 Å². The number of nitrogens with one attached hydrogen (secondary N) is 1. The van der Waals surface area contributed by atoms with Crippen LogP contribution in [0.5, 0.6) is 0 Å². The van der Waals surface area contributed by atoms with E-state index in [2.05, 4.69) is 37.9 Å². The van der Waals surface area contributed by atoms with E-state index < -0.39 is 0 Å².